The molecule has 1 fully saturated rings. The normalized spacial score (nSPS) is 16.5. The van der Waals surface area contributed by atoms with Gasteiger partial charge < -0.3 is 25.1 Å². The highest BCUT2D eigenvalue weighted by Crippen LogP contribution is 2.25. The number of guanidine groups is 1. The summed E-state index contributed by atoms with van der Waals surface area (Å²) >= 11 is 0. The fourth-order valence-electron chi connectivity index (χ4n) is 3.24. The molecule has 0 saturated carbocycles. The number of carbonyl (C=O) groups excluding carboxylic acids is 1. The summed E-state index contributed by atoms with van der Waals surface area (Å²) in [5.41, 5.74) is -0.479. The number of rotatable bonds is 9. The lowest BCUT2D eigenvalue weighted by atomic mass is 10.2. The molecule has 1 saturated heterocycles. The van der Waals surface area contributed by atoms with Gasteiger partial charge in [-0.25, -0.2) is 4.79 Å². The minimum Gasteiger partial charge on any atom is -0.468 e. The summed E-state index contributed by atoms with van der Waals surface area (Å²) in [7, 11) is 0. The molecule has 0 aromatic carbocycles. The predicted molar refractivity (Wildman–Crippen MR) is 115 cm³/mol. The van der Waals surface area contributed by atoms with Crippen LogP contribution in [0.25, 0.3) is 0 Å². The van der Waals surface area contributed by atoms with Crippen molar-refractivity contribution in [3.63, 3.8) is 0 Å². The summed E-state index contributed by atoms with van der Waals surface area (Å²) < 4.78 is 10.9. The fraction of sp³-hybridized carbons (Fsp3) is 0.714. The van der Waals surface area contributed by atoms with E-state index >= 15 is 0 Å². The topological polar surface area (TPSA) is 91.1 Å². The van der Waals surface area contributed by atoms with Crippen molar-refractivity contribution >= 4 is 12.1 Å². The zero-order valence-electron chi connectivity index (χ0n) is 18.3. The maximum atomic E-state index is 11.7. The number of hydrogen-bond donors (Lipinski definition) is 3. The standard InChI is InChI=1S/C21H37N5O3/c1-5-22-19(23-11-9-12-24-20(27)29-21(2,3)4)25-16-17(18-10-8-15-28-18)26-13-6-7-14-26/h8,10,15,17H,5-7,9,11-14,16H2,1-4H3,(H,24,27)(H2,22,23,25). The summed E-state index contributed by atoms with van der Waals surface area (Å²) in [6, 6.07) is 4.13. The summed E-state index contributed by atoms with van der Waals surface area (Å²) in [6.45, 7) is 12.5. The van der Waals surface area contributed by atoms with Crippen LogP contribution in [0.5, 0.6) is 0 Å². The molecule has 2 heterocycles. The second-order valence-corrected chi connectivity index (χ2v) is 8.20. The predicted octanol–water partition coefficient (Wildman–Crippen LogP) is 2.89. The highest BCUT2D eigenvalue weighted by Gasteiger charge is 2.25. The van der Waals surface area contributed by atoms with Gasteiger partial charge in [0.25, 0.3) is 0 Å². The minimum absolute atomic E-state index is 0.164. The Labute approximate surface area is 174 Å². The fourth-order valence-corrected chi connectivity index (χ4v) is 3.24. The van der Waals surface area contributed by atoms with Crippen LogP contribution in [0.4, 0.5) is 4.79 Å². The lowest BCUT2D eigenvalue weighted by Crippen LogP contribution is -2.40. The lowest BCUT2D eigenvalue weighted by Gasteiger charge is -2.24. The molecule has 8 nitrogen and oxygen atoms in total. The van der Waals surface area contributed by atoms with Crippen LogP contribution in [0.15, 0.2) is 27.8 Å². The third kappa shape index (κ3) is 8.77. The molecule has 0 aliphatic carbocycles. The van der Waals surface area contributed by atoms with Gasteiger partial charge in [-0.1, -0.05) is 0 Å². The van der Waals surface area contributed by atoms with Gasteiger partial charge in [-0.15, -0.1) is 0 Å². The van der Waals surface area contributed by atoms with E-state index < -0.39 is 5.60 Å². The number of nitrogens with one attached hydrogen (secondary N) is 3. The third-order valence-electron chi connectivity index (χ3n) is 4.53. The molecule has 1 unspecified atom stereocenters. The van der Waals surface area contributed by atoms with Crippen molar-refractivity contribution in [3.05, 3.63) is 24.2 Å². The number of carbonyl (C=O) groups is 1. The molecule has 29 heavy (non-hydrogen) atoms. The van der Waals surface area contributed by atoms with Crippen LogP contribution in [0.1, 0.15) is 58.8 Å². The van der Waals surface area contributed by atoms with Crippen molar-refractivity contribution in [2.75, 3.05) is 39.3 Å². The minimum atomic E-state index is -0.479. The zero-order valence-corrected chi connectivity index (χ0v) is 18.3. The van der Waals surface area contributed by atoms with E-state index in [0.717, 1.165) is 37.8 Å². The molecular formula is C21H37N5O3. The largest absolute Gasteiger partial charge is 0.468 e. The Kier molecular flexibility index (Phi) is 9.31. The van der Waals surface area contributed by atoms with Crippen molar-refractivity contribution in [3.8, 4) is 0 Å². The molecule has 1 aliphatic heterocycles. The Balaban J connectivity index is 1.79. The Morgan fingerprint density at radius 2 is 1.97 bits per heavy atom. The van der Waals surface area contributed by atoms with E-state index in [2.05, 4.69) is 20.9 Å². The van der Waals surface area contributed by atoms with Gasteiger partial charge in [-0.05, 0) is 72.2 Å². The van der Waals surface area contributed by atoms with Crippen LogP contribution >= 0.6 is 0 Å². The number of amides is 1. The maximum Gasteiger partial charge on any atom is 0.407 e. The van der Waals surface area contributed by atoms with Crippen molar-refractivity contribution in [2.24, 2.45) is 4.99 Å². The number of furan rings is 1. The highest BCUT2D eigenvalue weighted by atomic mass is 16.6. The first kappa shape index (κ1) is 23.1. The highest BCUT2D eigenvalue weighted by molar-refractivity contribution is 5.79. The van der Waals surface area contributed by atoms with Crippen molar-refractivity contribution in [1.29, 1.82) is 0 Å². The van der Waals surface area contributed by atoms with Crippen molar-refractivity contribution in [1.82, 2.24) is 20.9 Å². The Morgan fingerprint density at radius 1 is 1.24 bits per heavy atom. The first-order valence-corrected chi connectivity index (χ1v) is 10.7. The van der Waals surface area contributed by atoms with Crippen LogP contribution in [0, 0.1) is 0 Å². The van der Waals surface area contributed by atoms with Crippen molar-refractivity contribution in [2.45, 2.75) is 58.6 Å². The molecule has 1 aromatic heterocycles. The molecule has 1 atom stereocenters. The molecule has 0 bridgehead atoms. The SMILES string of the molecule is CCNC(=NCC(c1ccco1)N1CCCC1)NCCCNC(=O)OC(C)(C)C. The van der Waals surface area contributed by atoms with E-state index in [1.165, 1.54) is 12.8 Å². The van der Waals surface area contributed by atoms with Gasteiger partial charge in [-0.3, -0.25) is 9.89 Å². The quantitative estimate of drug-likeness (QED) is 0.331. The zero-order chi connectivity index (χ0) is 21.1. The van der Waals surface area contributed by atoms with Crippen LogP contribution in [0.3, 0.4) is 0 Å². The lowest BCUT2D eigenvalue weighted by molar-refractivity contribution is 0.0527. The summed E-state index contributed by atoms with van der Waals surface area (Å²) in [5, 5.41) is 9.38. The number of nitrogens with zero attached hydrogens (tertiary/aromatic N) is 2. The molecule has 3 N–H and O–H groups in total. The average Bonchev–Trinajstić information content (AvgIpc) is 3.34. The molecule has 1 aromatic rings. The first-order chi connectivity index (χ1) is 13.9. The number of ether oxygens (including phenoxy) is 1. The number of aliphatic imine (C=N–C) groups is 1. The van der Waals surface area contributed by atoms with Crippen LogP contribution in [-0.4, -0.2) is 61.8 Å². The molecule has 1 aliphatic rings. The summed E-state index contributed by atoms with van der Waals surface area (Å²) in [6.07, 6.45) is 4.57. The van der Waals surface area contributed by atoms with Gasteiger partial charge in [-0.2, -0.15) is 0 Å². The van der Waals surface area contributed by atoms with Gasteiger partial charge in [0.2, 0.25) is 0 Å². The van der Waals surface area contributed by atoms with E-state index in [1.807, 2.05) is 39.8 Å². The molecule has 1 amide bonds. The Morgan fingerprint density at radius 3 is 2.59 bits per heavy atom. The van der Waals surface area contributed by atoms with E-state index in [0.29, 0.717) is 19.6 Å². The third-order valence-corrected chi connectivity index (χ3v) is 4.53. The van der Waals surface area contributed by atoms with Crippen molar-refractivity contribution < 1.29 is 13.9 Å². The average molecular weight is 408 g/mol. The van der Waals surface area contributed by atoms with E-state index in [-0.39, 0.29) is 12.1 Å². The smallest absolute Gasteiger partial charge is 0.407 e. The van der Waals surface area contributed by atoms with E-state index in [4.69, 9.17) is 14.1 Å². The Bertz CT molecular complexity index is 619. The van der Waals surface area contributed by atoms with Gasteiger partial charge in [0.05, 0.1) is 18.8 Å². The van der Waals surface area contributed by atoms with Crippen LogP contribution < -0.4 is 16.0 Å². The molecule has 0 spiro atoms. The first-order valence-electron chi connectivity index (χ1n) is 10.7. The monoisotopic (exact) mass is 407 g/mol. The Hall–Kier alpha value is -2.22. The van der Waals surface area contributed by atoms with Gasteiger partial charge in [0, 0.05) is 19.6 Å². The number of hydrogen-bond acceptors (Lipinski definition) is 5. The van der Waals surface area contributed by atoms with E-state index in [1.54, 1.807) is 6.26 Å². The van der Waals surface area contributed by atoms with Gasteiger partial charge in [0.15, 0.2) is 5.96 Å². The number of likely N-dealkylation sites (tertiary alicyclic amines) is 1. The molecular weight excluding hydrogens is 370 g/mol. The van der Waals surface area contributed by atoms with Crippen LogP contribution in [-0.2, 0) is 4.74 Å². The summed E-state index contributed by atoms with van der Waals surface area (Å²) in [5.74, 6) is 1.74. The van der Waals surface area contributed by atoms with E-state index in [9.17, 15) is 4.79 Å². The van der Waals surface area contributed by atoms with Gasteiger partial charge >= 0.3 is 6.09 Å². The van der Waals surface area contributed by atoms with Crippen LogP contribution in [0.2, 0.25) is 0 Å². The molecule has 0 radical (unpaired) electrons. The molecule has 164 valence electrons. The van der Waals surface area contributed by atoms with Gasteiger partial charge in [0.1, 0.15) is 11.4 Å². The molecule has 8 heteroatoms. The second kappa shape index (κ2) is 11.7. The number of alkyl carbamates (subject to hydrolysis) is 1. The summed E-state index contributed by atoms with van der Waals surface area (Å²) in [4.78, 5) is 18.9. The maximum absolute atomic E-state index is 11.7. The second-order valence-electron chi connectivity index (χ2n) is 8.20. The molecule has 2 rings (SSSR count).